The second kappa shape index (κ2) is 9.41. The first kappa shape index (κ1) is 19.9. The molecular formula is C18H23ClN6O3. The van der Waals surface area contributed by atoms with E-state index in [0.717, 1.165) is 5.56 Å². The van der Waals surface area contributed by atoms with E-state index in [2.05, 4.69) is 25.3 Å². The van der Waals surface area contributed by atoms with Crippen molar-refractivity contribution in [2.24, 2.45) is 4.99 Å². The molecule has 0 aliphatic carbocycles. The molecule has 1 aliphatic heterocycles. The Hall–Kier alpha value is -2.81. The zero-order chi connectivity index (χ0) is 19.9. The molecule has 2 heterocycles. The maximum absolute atomic E-state index is 11.8. The number of benzene rings is 1. The fourth-order valence-corrected chi connectivity index (χ4v) is 3.06. The molecule has 10 heteroatoms. The van der Waals surface area contributed by atoms with E-state index in [-0.39, 0.29) is 6.09 Å². The molecule has 0 spiro atoms. The second-order valence-corrected chi connectivity index (χ2v) is 6.53. The quantitative estimate of drug-likeness (QED) is 0.614. The number of carbonyl (C=O) groups excluding carboxylic acids is 1. The Morgan fingerprint density at radius 2 is 2.07 bits per heavy atom. The number of hydrogen-bond acceptors (Lipinski definition) is 6. The molecule has 1 amide bonds. The van der Waals surface area contributed by atoms with Gasteiger partial charge in [-0.25, -0.2) is 4.79 Å². The first-order chi connectivity index (χ1) is 13.6. The van der Waals surface area contributed by atoms with Crippen LogP contribution in [0.25, 0.3) is 11.4 Å². The highest BCUT2D eigenvalue weighted by molar-refractivity contribution is 6.30. The molecule has 1 fully saturated rings. The van der Waals surface area contributed by atoms with Crippen LogP contribution in [0.2, 0.25) is 5.02 Å². The summed E-state index contributed by atoms with van der Waals surface area (Å²) in [7, 11) is 1.71. The highest BCUT2D eigenvalue weighted by atomic mass is 35.5. The molecule has 0 radical (unpaired) electrons. The summed E-state index contributed by atoms with van der Waals surface area (Å²) < 4.78 is 10.3. The van der Waals surface area contributed by atoms with Gasteiger partial charge < -0.3 is 24.4 Å². The van der Waals surface area contributed by atoms with Crippen LogP contribution < -0.4 is 5.32 Å². The Bertz CT molecular complexity index is 832. The predicted octanol–water partition coefficient (Wildman–Crippen LogP) is 2.24. The molecular weight excluding hydrogens is 384 g/mol. The lowest BCUT2D eigenvalue weighted by atomic mass is 10.2. The van der Waals surface area contributed by atoms with E-state index in [9.17, 15) is 4.79 Å². The third-order valence-corrected chi connectivity index (χ3v) is 4.50. The van der Waals surface area contributed by atoms with Crippen molar-refractivity contribution >= 4 is 23.7 Å². The molecule has 9 nitrogen and oxygen atoms in total. The Kier molecular flexibility index (Phi) is 6.70. The molecule has 1 aliphatic rings. The van der Waals surface area contributed by atoms with Gasteiger partial charge in [-0.2, -0.15) is 4.98 Å². The van der Waals surface area contributed by atoms with Gasteiger partial charge in [-0.1, -0.05) is 28.9 Å². The normalized spacial score (nSPS) is 14.9. The van der Waals surface area contributed by atoms with Crippen LogP contribution in [-0.4, -0.2) is 71.8 Å². The minimum absolute atomic E-state index is 0.274. The van der Waals surface area contributed by atoms with E-state index in [1.54, 1.807) is 31.0 Å². The standard InChI is InChI=1S/C18H23ClN6O3/c1-3-27-18(26)25-9-7-24(8-10-25)17(20-2)21-12-15-22-16(23-28-15)13-5-4-6-14(19)11-13/h4-6,11H,3,7-10,12H2,1-2H3,(H,20,21). The lowest BCUT2D eigenvalue weighted by Crippen LogP contribution is -2.53. The summed E-state index contributed by atoms with van der Waals surface area (Å²) in [6, 6.07) is 7.28. The van der Waals surface area contributed by atoms with Crippen LogP contribution >= 0.6 is 11.6 Å². The second-order valence-electron chi connectivity index (χ2n) is 6.10. The van der Waals surface area contributed by atoms with Gasteiger partial charge in [0, 0.05) is 43.8 Å². The topological polar surface area (TPSA) is 96.1 Å². The van der Waals surface area contributed by atoms with Gasteiger partial charge in [-0.3, -0.25) is 4.99 Å². The number of amides is 1. The van der Waals surface area contributed by atoms with Gasteiger partial charge in [0.05, 0.1) is 13.2 Å². The molecule has 2 aromatic rings. The number of nitrogens with zero attached hydrogens (tertiary/aromatic N) is 5. The van der Waals surface area contributed by atoms with E-state index >= 15 is 0 Å². The number of piperazine rings is 1. The number of halogens is 1. The van der Waals surface area contributed by atoms with Gasteiger partial charge in [-0.05, 0) is 19.1 Å². The summed E-state index contributed by atoms with van der Waals surface area (Å²) in [6.45, 7) is 5.02. The minimum Gasteiger partial charge on any atom is -0.450 e. The Morgan fingerprint density at radius 1 is 1.32 bits per heavy atom. The van der Waals surface area contributed by atoms with Crippen LogP contribution in [0.1, 0.15) is 12.8 Å². The van der Waals surface area contributed by atoms with Crippen LogP contribution in [-0.2, 0) is 11.3 Å². The Labute approximate surface area is 168 Å². The van der Waals surface area contributed by atoms with Crippen LogP contribution in [0.15, 0.2) is 33.8 Å². The Balaban J connectivity index is 1.53. The number of aromatic nitrogens is 2. The van der Waals surface area contributed by atoms with Crippen molar-refractivity contribution in [1.29, 1.82) is 0 Å². The summed E-state index contributed by atoms with van der Waals surface area (Å²) in [5.74, 6) is 1.64. The van der Waals surface area contributed by atoms with Crippen LogP contribution in [0, 0.1) is 0 Å². The summed E-state index contributed by atoms with van der Waals surface area (Å²) >= 11 is 6.00. The number of aliphatic imine (C=N–C) groups is 1. The van der Waals surface area contributed by atoms with Crippen molar-refractivity contribution in [2.75, 3.05) is 39.8 Å². The third kappa shape index (κ3) is 4.92. The minimum atomic E-state index is -0.274. The monoisotopic (exact) mass is 406 g/mol. The molecule has 1 aromatic carbocycles. The van der Waals surface area contributed by atoms with Gasteiger partial charge in [0.1, 0.15) is 0 Å². The largest absolute Gasteiger partial charge is 0.450 e. The lowest BCUT2D eigenvalue weighted by molar-refractivity contribution is 0.0914. The zero-order valence-corrected chi connectivity index (χ0v) is 16.6. The lowest BCUT2D eigenvalue weighted by Gasteiger charge is -2.35. The molecule has 1 N–H and O–H groups in total. The number of carbonyl (C=O) groups is 1. The number of guanidine groups is 1. The third-order valence-electron chi connectivity index (χ3n) is 4.27. The number of ether oxygens (including phenoxy) is 1. The van der Waals surface area contributed by atoms with E-state index < -0.39 is 0 Å². The highest BCUT2D eigenvalue weighted by Gasteiger charge is 2.24. The van der Waals surface area contributed by atoms with Crippen molar-refractivity contribution < 1.29 is 14.1 Å². The molecule has 3 rings (SSSR count). The maximum atomic E-state index is 11.8. The van der Waals surface area contributed by atoms with Crippen molar-refractivity contribution in [3.05, 3.63) is 35.2 Å². The van der Waals surface area contributed by atoms with Crippen molar-refractivity contribution in [1.82, 2.24) is 25.3 Å². The molecule has 150 valence electrons. The average Bonchev–Trinajstić information content (AvgIpc) is 3.18. The summed E-state index contributed by atoms with van der Waals surface area (Å²) in [5.41, 5.74) is 0.793. The van der Waals surface area contributed by atoms with Crippen molar-refractivity contribution in [3.8, 4) is 11.4 Å². The summed E-state index contributed by atoms with van der Waals surface area (Å²) in [6.07, 6.45) is -0.274. The highest BCUT2D eigenvalue weighted by Crippen LogP contribution is 2.19. The fourth-order valence-electron chi connectivity index (χ4n) is 2.87. The molecule has 0 saturated carbocycles. The molecule has 0 atom stereocenters. The van der Waals surface area contributed by atoms with Crippen LogP contribution in [0.4, 0.5) is 4.79 Å². The Morgan fingerprint density at radius 3 is 2.75 bits per heavy atom. The van der Waals surface area contributed by atoms with E-state index in [1.807, 2.05) is 12.1 Å². The number of hydrogen-bond donors (Lipinski definition) is 1. The molecule has 1 saturated heterocycles. The van der Waals surface area contributed by atoms with E-state index in [0.29, 0.717) is 62.0 Å². The predicted molar refractivity (Wildman–Crippen MR) is 105 cm³/mol. The van der Waals surface area contributed by atoms with Crippen molar-refractivity contribution in [2.45, 2.75) is 13.5 Å². The summed E-state index contributed by atoms with van der Waals surface area (Å²) in [5, 5.41) is 7.83. The summed E-state index contributed by atoms with van der Waals surface area (Å²) in [4.78, 5) is 24.3. The van der Waals surface area contributed by atoms with Gasteiger partial charge in [0.2, 0.25) is 11.7 Å². The smallest absolute Gasteiger partial charge is 0.409 e. The number of nitrogens with one attached hydrogen (secondary N) is 1. The van der Waals surface area contributed by atoms with Crippen molar-refractivity contribution in [3.63, 3.8) is 0 Å². The van der Waals surface area contributed by atoms with E-state index in [4.69, 9.17) is 20.9 Å². The zero-order valence-electron chi connectivity index (χ0n) is 15.9. The van der Waals surface area contributed by atoms with Crippen LogP contribution in [0.5, 0.6) is 0 Å². The number of rotatable bonds is 4. The van der Waals surface area contributed by atoms with Gasteiger partial charge >= 0.3 is 6.09 Å². The van der Waals surface area contributed by atoms with Gasteiger partial charge in [0.25, 0.3) is 0 Å². The van der Waals surface area contributed by atoms with Gasteiger partial charge in [-0.15, -0.1) is 0 Å². The first-order valence-electron chi connectivity index (χ1n) is 9.06. The SMILES string of the molecule is CCOC(=O)N1CCN(C(=NC)NCc2nc(-c3cccc(Cl)c3)no2)CC1. The van der Waals surface area contributed by atoms with E-state index in [1.165, 1.54) is 0 Å². The first-order valence-corrected chi connectivity index (χ1v) is 9.44. The van der Waals surface area contributed by atoms with Gasteiger partial charge in [0.15, 0.2) is 5.96 Å². The van der Waals surface area contributed by atoms with Crippen LogP contribution in [0.3, 0.4) is 0 Å². The maximum Gasteiger partial charge on any atom is 0.409 e. The molecule has 1 aromatic heterocycles. The average molecular weight is 407 g/mol. The molecule has 0 unspecified atom stereocenters. The molecule has 0 bridgehead atoms. The molecule has 28 heavy (non-hydrogen) atoms. The fraction of sp³-hybridized carbons (Fsp3) is 0.444.